The fraction of sp³-hybridized carbons (Fsp3) is 0.0476. The Morgan fingerprint density at radius 2 is 1.45 bits per heavy atom. The normalized spacial score (nSPS) is 12.6. The van der Waals surface area contributed by atoms with E-state index < -0.39 is 10.1 Å². The van der Waals surface area contributed by atoms with E-state index in [1.165, 1.54) is 12.1 Å². The van der Waals surface area contributed by atoms with Crippen molar-refractivity contribution in [3.8, 4) is 0 Å². The predicted octanol–water partition coefficient (Wildman–Crippen LogP) is 0.877. The van der Waals surface area contributed by atoms with E-state index in [2.05, 4.69) is 5.32 Å². The van der Waals surface area contributed by atoms with E-state index in [1.807, 2.05) is 0 Å². The Bertz CT molecular complexity index is 1270. The molecule has 3 aromatic carbocycles. The predicted molar refractivity (Wildman–Crippen MR) is 105 cm³/mol. The Balaban J connectivity index is 0.00000160. The number of anilines is 2. The minimum atomic E-state index is -4.48. The van der Waals surface area contributed by atoms with E-state index in [0.717, 1.165) is 0 Å². The van der Waals surface area contributed by atoms with Crippen molar-refractivity contribution in [3.63, 3.8) is 0 Å². The number of nitrogens with one attached hydrogen (secondary N) is 1. The largest absolute Gasteiger partial charge is 1.00 e. The SMILES string of the molecule is Cc1ccc(Nc2cccc3c2C(=O)c2ccccc2C3=O)c(S(=O)(=O)O)c1.[H-].[Na+]. The minimum absolute atomic E-state index is 0. The van der Waals surface area contributed by atoms with E-state index in [1.54, 1.807) is 55.5 Å². The third kappa shape index (κ3) is 3.80. The summed E-state index contributed by atoms with van der Waals surface area (Å²) in [6.45, 7) is 1.70. The van der Waals surface area contributed by atoms with Gasteiger partial charge in [0.1, 0.15) is 4.90 Å². The first-order valence-electron chi connectivity index (χ1n) is 8.44. The summed E-state index contributed by atoms with van der Waals surface area (Å²) < 4.78 is 33.1. The van der Waals surface area contributed by atoms with Crippen molar-refractivity contribution in [2.75, 3.05) is 5.32 Å². The van der Waals surface area contributed by atoms with Gasteiger partial charge >= 0.3 is 29.6 Å². The second kappa shape index (κ2) is 7.85. The quantitative estimate of drug-likeness (QED) is 0.379. The molecule has 0 bridgehead atoms. The van der Waals surface area contributed by atoms with Crippen molar-refractivity contribution in [1.82, 2.24) is 0 Å². The molecule has 0 spiro atoms. The topological polar surface area (TPSA) is 101 Å². The van der Waals surface area contributed by atoms with Gasteiger partial charge in [-0.15, -0.1) is 0 Å². The number of carbonyl (C=O) groups excluding carboxylic acids is 2. The summed E-state index contributed by atoms with van der Waals surface area (Å²) in [5, 5.41) is 2.90. The smallest absolute Gasteiger partial charge is 1.00 e. The minimum Gasteiger partial charge on any atom is -1.00 e. The molecule has 1 aliphatic rings. The van der Waals surface area contributed by atoms with Gasteiger partial charge in [0.25, 0.3) is 10.1 Å². The number of fused-ring (bicyclic) bond motifs is 2. The fourth-order valence-corrected chi connectivity index (χ4v) is 4.07. The molecule has 6 nitrogen and oxygen atoms in total. The summed E-state index contributed by atoms with van der Waals surface area (Å²) in [6.07, 6.45) is 0. The maximum Gasteiger partial charge on any atom is 1.00 e. The Morgan fingerprint density at radius 3 is 2.10 bits per heavy atom. The van der Waals surface area contributed by atoms with Crippen molar-refractivity contribution in [1.29, 1.82) is 0 Å². The van der Waals surface area contributed by atoms with Crippen LogP contribution in [0.4, 0.5) is 11.4 Å². The molecule has 0 fully saturated rings. The van der Waals surface area contributed by atoms with Gasteiger partial charge in [0.2, 0.25) is 0 Å². The summed E-state index contributed by atoms with van der Waals surface area (Å²) in [5.41, 5.74) is 2.11. The molecule has 1 aliphatic carbocycles. The van der Waals surface area contributed by atoms with E-state index in [9.17, 15) is 22.6 Å². The van der Waals surface area contributed by atoms with Gasteiger partial charge in [-0.3, -0.25) is 14.1 Å². The van der Waals surface area contributed by atoms with Crippen molar-refractivity contribution in [3.05, 3.63) is 88.5 Å². The first kappa shape index (κ1) is 21.4. The summed E-state index contributed by atoms with van der Waals surface area (Å²) in [7, 11) is -4.48. The molecule has 3 aromatic rings. The van der Waals surface area contributed by atoms with Gasteiger partial charge in [-0.05, 0) is 30.7 Å². The zero-order valence-corrected chi connectivity index (χ0v) is 18.6. The van der Waals surface area contributed by atoms with Crippen LogP contribution in [-0.4, -0.2) is 24.5 Å². The second-order valence-corrected chi connectivity index (χ2v) is 7.92. The molecule has 8 heteroatoms. The maximum absolute atomic E-state index is 13.0. The summed E-state index contributed by atoms with van der Waals surface area (Å²) >= 11 is 0. The van der Waals surface area contributed by atoms with Gasteiger partial charge in [-0.25, -0.2) is 0 Å². The summed E-state index contributed by atoms with van der Waals surface area (Å²) in [6, 6.07) is 15.8. The average Bonchev–Trinajstić information content (AvgIpc) is 2.66. The van der Waals surface area contributed by atoms with Gasteiger partial charge < -0.3 is 6.74 Å². The van der Waals surface area contributed by atoms with Crippen LogP contribution in [0.25, 0.3) is 0 Å². The molecule has 0 saturated carbocycles. The van der Waals surface area contributed by atoms with Crippen LogP contribution in [-0.2, 0) is 10.1 Å². The zero-order chi connectivity index (χ0) is 20.1. The van der Waals surface area contributed by atoms with E-state index >= 15 is 0 Å². The average molecular weight is 417 g/mol. The second-order valence-electron chi connectivity index (χ2n) is 6.53. The van der Waals surface area contributed by atoms with Crippen LogP contribution in [0.3, 0.4) is 0 Å². The molecular weight excluding hydrogens is 401 g/mol. The van der Waals surface area contributed by atoms with Gasteiger partial charge in [0.15, 0.2) is 11.6 Å². The molecule has 0 radical (unpaired) electrons. The van der Waals surface area contributed by atoms with Crippen LogP contribution in [0.1, 0.15) is 38.8 Å². The number of benzene rings is 3. The standard InChI is InChI=1S/C21H15NO5S.Na.H/c1-12-9-10-16(18(11-12)28(25,26)27)22-17-8-4-7-15-19(17)21(24)14-6-3-2-5-13(14)20(15)23;;/h2-11,22H,1H3,(H,25,26,27);;/q;+1;-1. The molecule has 29 heavy (non-hydrogen) atoms. The first-order valence-corrected chi connectivity index (χ1v) is 9.88. The molecule has 0 atom stereocenters. The summed E-state index contributed by atoms with van der Waals surface area (Å²) in [4.78, 5) is 25.5. The summed E-state index contributed by atoms with van der Waals surface area (Å²) in [5.74, 6) is -0.596. The Labute approximate surface area is 191 Å². The number of carbonyl (C=O) groups is 2. The third-order valence-corrected chi connectivity index (χ3v) is 5.53. The molecule has 0 amide bonds. The van der Waals surface area contributed by atoms with Crippen molar-refractivity contribution < 1.29 is 53.5 Å². The van der Waals surface area contributed by atoms with Crippen molar-refractivity contribution in [2.45, 2.75) is 11.8 Å². The monoisotopic (exact) mass is 417 g/mol. The Kier molecular flexibility index (Phi) is 5.80. The van der Waals surface area contributed by atoms with Crippen LogP contribution in [0.15, 0.2) is 65.6 Å². The Hall–Kier alpha value is -2.29. The van der Waals surface area contributed by atoms with Gasteiger partial charge in [0.05, 0.1) is 16.9 Å². The fourth-order valence-electron chi connectivity index (χ4n) is 3.34. The molecule has 0 saturated heterocycles. The zero-order valence-electron chi connectivity index (χ0n) is 16.8. The number of hydrogen-bond donors (Lipinski definition) is 2. The number of hydrogen-bond acceptors (Lipinski definition) is 5. The number of rotatable bonds is 3. The van der Waals surface area contributed by atoms with E-state index in [0.29, 0.717) is 22.4 Å². The number of aryl methyl sites for hydroxylation is 1. The van der Waals surface area contributed by atoms with Gasteiger partial charge in [0, 0.05) is 16.7 Å². The molecule has 0 aliphatic heterocycles. The van der Waals surface area contributed by atoms with E-state index in [-0.39, 0.29) is 64.3 Å². The molecule has 2 N–H and O–H groups in total. The van der Waals surface area contributed by atoms with Crippen LogP contribution in [0.5, 0.6) is 0 Å². The van der Waals surface area contributed by atoms with Crippen LogP contribution >= 0.6 is 0 Å². The molecule has 0 aromatic heterocycles. The van der Waals surface area contributed by atoms with Crippen LogP contribution < -0.4 is 34.9 Å². The van der Waals surface area contributed by atoms with Crippen molar-refractivity contribution >= 4 is 33.1 Å². The number of ketones is 2. The molecular formula is C21H16NNaO5S. The van der Waals surface area contributed by atoms with Crippen LogP contribution in [0.2, 0.25) is 0 Å². The van der Waals surface area contributed by atoms with Crippen LogP contribution in [0, 0.1) is 6.92 Å². The third-order valence-electron chi connectivity index (χ3n) is 4.64. The first-order chi connectivity index (χ1) is 13.3. The van der Waals surface area contributed by atoms with E-state index in [4.69, 9.17) is 0 Å². The Morgan fingerprint density at radius 1 is 0.828 bits per heavy atom. The maximum atomic E-state index is 13.0. The molecule has 4 rings (SSSR count). The van der Waals surface area contributed by atoms with Gasteiger partial charge in [-0.2, -0.15) is 8.42 Å². The van der Waals surface area contributed by atoms with Gasteiger partial charge in [-0.1, -0.05) is 42.5 Å². The van der Waals surface area contributed by atoms with Crippen molar-refractivity contribution in [2.24, 2.45) is 0 Å². The molecule has 142 valence electrons. The molecule has 0 unspecified atom stereocenters. The molecule has 0 heterocycles.